The standard InChI is InChI=1S/C22H19ClN8O4/c1-13(10-32)34-11-17(21(33)30-18-5-4-14(7-24)8-26-18)35-22-15-9-29-31(19(15)27-12-28-22)20-16(23)3-2-6-25-20/h2-6,8-9,12-13,17,32H,10-11H2,1H3,(H,26,30,33)/t13-,17+/m1/s1. The molecule has 0 aliphatic carbocycles. The van der Waals surface area contributed by atoms with Gasteiger partial charge in [-0.15, -0.1) is 0 Å². The van der Waals surface area contributed by atoms with Crippen molar-refractivity contribution in [2.75, 3.05) is 18.5 Å². The molecule has 4 aromatic rings. The molecule has 0 fully saturated rings. The van der Waals surface area contributed by atoms with Crippen molar-refractivity contribution in [1.29, 1.82) is 5.26 Å². The van der Waals surface area contributed by atoms with Gasteiger partial charge < -0.3 is 19.9 Å². The van der Waals surface area contributed by atoms with Crippen LogP contribution in [0.15, 0.2) is 49.2 Å². The molecule has 0 unspecified atom stereocenters. The van der Waals surface area contributed by atoms with Crippen LogP contribution in [0, 0.1) is 11.3 Å². The number of fused-ring (bicyclic) bond motifs is 1. The minimum atomic E-state index is -1.17. The summed E-state index contributed by atoms with van der Waals surface area (Å²) in [4.78, 5) is 29.7. The topological polar surface area (TPSA) is 161 Å². The number of hydrogen-bond donors (Lipinski definition) is 2. The lowest BCUT2D eigenvalue weighted by molar-refractivity contribution is -0.127. The molecule has 4 heterocycles. The van der Waals surface area contributed by atoms with Crippen LogP contribution in [-0.4, -0.2) is 66.2 Å². The Balaban J connectivity index is 1.61. The van der Waals surface area contributed by atoms with Gasteiger partial charge in [0.2, 0.25) is 12.0 Å². The average Bonchev–Trinajstić information content (AvgIpc) is 3.31. The minimum absolute atomic E-state index is 0.0847. The Kier molecular flexibility index (Phi) is 7.41. The second-order valence-electron chi connectivity index (χ2n) is 7.25. The molecule has 4 rings (SSSR count). The van der Waals surface area contributed by atoms with Crippen molar-refractivity contribution in [1.82, 2.24) is 29.7 Å². The molecule has 0 aromatic carbocycles. The van der Waals surface area contributed by atoms with Gasteiger partial charge in [0.1, 0.15) is 23.6 Å². The predicted molar refractivity (Wildman–Crippen MR) is 124 cm³/mol. The van der Waals surface area contributed by atoms with Crippen molar-refractivity contribution < 1.29 is 19.4 Å². The summed E-state index contributed by atoms with van der Waals surface area (Å²) in [6, 6.07) is 8.34. The van der Waals surface area contributed by atoms with Gasteiger partial charge in [-0.2, -0.15) is 15.0 Å². The highest BCUT2D eigenvalue weighted by atomic mass is 35.5. The zero-order valence-electron chi connectivity index (χ0n) is 18.4. The molecule has 0 aliphatic heterocycles. The number of carbonyl (C=O) groups excluding carboxylic acids is 1. The first-order valence-electron chi connectivity index (χ1n) is 10.4. The van der Waals surface area contributed by atoms with E-state index in [9.17, 15) is 9.90 Å². The molecule has 0 aliphatic rings. The van der Waals surface area contributed by atoms with Crippen LogP contribution in [0.3, 0.4) is 0 Å². The van der Waals surface area contributed by atoms with E-state index < -0.39 is 18.1 Å². The summed E-state index contributed by atoms with van der Waals surface area (Å²) in [5.41, 5.74) is 0.720. The van der Waals surface area contributed by atoms with Gasteiger partial charge in [-0.05, 0) is 31.2 Å². The maximum Gasteiger partial charge on any atom is 0.269 e. The van der Waals surface area contributed by atoms with E-state index >= 15 is 0 Å². The van der Waals surface area contributed by atoms with E-state index in [0.29, 0.717) is 27.4 Å². The van der Waals surface area contributed by atoms with Crippen LogP contribution >= 0.6 is 11.6 Å². The minimum Gasteiger partial charge on any atom is -0.461 e. The van der Waals surface area contributed by atoms with Crippen LogP contribution < -0.4 is 10.1 Å². The Morgan fingerprint density at radius 2 is 2.11 bits per heavy atom. The first kappa shape index (κ1) is 24.0. The summed E-state index contributed by atoms with van der Waals surface area (Å²) in [6.07, 6.45) is 3.96. The van der Waals surface area contributed by atoms with Gasteiger partial charge >= 0.3 is 0 Å². The largest absolute Gasteiger partial charge is 0.461 e. The molecule has 4 aromatic heterocycles. The number of aromatic nitrogens is 6. The highest BCUT2D eigenvalue weighted by Crippen LogP contribution is 2.26. The lowest BCUT2D eigenvalue weighted by Crippen LogP contribution is -2.38. The molecule has 2 atom stereocenters. The Hall–Kier alpha value is -4.18. The molecular weight excluding hydrogens is 476 g/mol. The second kappa shape index (κ2) is 10.8. The van der Waals surface area contributed by atoms with E-state index in [1.807, 2.05) is 6.07 Å². The number of aliphatic hydroxyl groups excluding tert-OH is 1. The van der Waals surface area contributed by atoms with Crippen molar-refractivity contribution in [3.8, 4) is 17.8 Å². The number of hydrogen-bond acceptors (Lipinski definition) is 10. The van der Waals surface area contributed by atoms with Crippen LogP contribution in [0.1, 0.15) is 12.5 Å². The van der Waals surface area contributed by atoms with Gasteiger partial charge in [0, 0.05) is 12.4 Å². The van der Waals surface area contributed by atoms with Crippen LogP contribution in [0.2, 0.25) is 5.02 Å². The normalized spacial score (nSPS) is 12.6. The first-order chi connectivity index (χ1) is 17.0. The number of rotatable bonds is 9. The van der Waals surface area contributed by atoms with Crippen LogP contribution in [-0.2, 0) is 9.53 Å². The van der Waals surface area contributed by atoms with Gasteiger partial charge in [0.15, 0.2) is 11.5 Å². The molecule has 0 saturated carbocycles. The van der Waals surface area contributed by atoms with E-state index in [0.717, 1.165) is 0 Å². The van der Waals surface area contributed by atoms with Crippen LogP contribution in [0.25, 0.3) is 16.9 Å². The predicted octanol–water partition coefficient (Wildman–Crippen LogP) is 1.91. The highest BCUT2D eigenvalue weighted by Gasteiger charge is 2.25. The van der Waals surface area contributed by atoms with E-state index in [4.69, 9.17) is 26.3 Å². The number of carbonyl (C=O) groups is 1. The average molecular weight is 495 g/mol. The maximum atomic E-state index is 13.0. The zero-order chi connectivity index (χ0) is 24.8. The van der Waals surface area contributed by atoms with Gasteiger partial charge in [0.05, 0.1) is 36.1 Å². The number of anilines is 1. The first-order valence-corrected chi connectivity index (χ1v) is 10.7. The molecule has 13 heteroatoms. The van der Waals surface area contributed by atoms with E-state index in [1.54, 1.807) is 25.3 Å². The highest BCUT2D eigenvalue weighted by molar-refractivity contribution is 6.32. The molecule has 12 nitrogen and oxygen atoms in total. The van der Waals surface area contributed by atoms with Gasteiger partial charge in [-0.3, -0.25) is 4.79 Å². The Bertz CT molecular complexity index is 1370. The van der Waals surface area contributed by atoms with E-state index in [1.165, 1.54) is 35.5 Å². The number of nitrogens with one attached hydrogen (secondary N) is 1. The summed E-state index contributed by atoms with van der Waals surface area (Å²) in [5.74, 6) is 0.110. The number of ether oxygens (including phenoxy) is 2. The van der Waals surface area contributed by atoms with Crippen molar-refractivity contribution in [2.45, 2.75) is 19.1 Å². The summed E-state index contributed by atoms with van der Waals surface area (Å²) in [5, 5.41) is 25.9. The molecule has 0 saturated heterocycles. The fourth-order valence-electron chi connectivity index (χ4n) is 2.95. The van der Waals surface area contributed by atoms with Crippen LogP contribution in [0.4, 0.5) is 5.82 Å². The quantitative estimate of drug-likeness (QED) is 0.351. The number of halogens is 1. The van der Waals surface area contributed by atoms with Gasteiger partial charge in [-0.25, -0.2) is 19.9 Å². The van der Waals surface area contributed by atoms with Crippen molar-refractivity contribution in [3.05, 3.63) is 59.8 Å². The van der Waals surface area contributed by atoms with Crippen molar-refractivity contribution in [2.24, 2.45) is 0 Å². The number of amides is 1. The van der Waals surface area contributed by atoms with E-state index in [2.05, 4.69) is 30.4 Å². The summed E-state index contributed by atoms with van der Waals surface area (Å²) in [7, 11) is 0. The summed E-state index contributed by atoms with van der Waals surface area (Å²) < 4.78 is 12.9. The third kappa shape index (κ3) is 5.49. The molecule has 178 valence electrons. The summed E-state index contributed by atoms with van der Waals surface area (Å²) in [6.45, 7) is 1.23. The van der Waals surface area contributed by atoms with Gasteiger partial charge in [-0.1, -0.05) is 11.6 Å². The number of nitriles is 1. The van der Waals surface area contributed by atoms with Gasteiger partial charge in [0.25, 0.3) is 5.91 Å². The zero-order valence-corrected chi connectivity index (χ0v) is 19.1. The number of aliphatic hydroxyl groups is 1. The second-order valence-corrected chi connectivity index (χ2v) is 7.65. The fourth-order valence-corrected chi connectivity index (χ4v) is 3.15. The number of nitrogens with zero attached hydrogens (tertiary/aromatic N) is 7. The molecule has 0 spiro atoms. The smallest absolute Gasteiger partial charge is 0.269 e. The Labute approximate surface area is 204 Å². The molecule has 2 N–H and O–H groups in total. The molecule has 0 radical (unpaired) electrons. The van der Waals surface area contributed by atoms with Crippen molar-refractivity contribution >= 4 is 34.4 Å². The summed E-state index contributed by atoms with van der Waals surface area (Å²) >= 11 is 6.25. The lowest BCUT2D eigenvalue weighted by Gasteiger charge is -2.20. The Morgan fingerprint density at radius 3 is 2.83 bits per heavy atom. The fraction of sp³-hybridized carbons (Fsp3) is 0.227. The van der Waals surface area contributed by atoms with E-state index in [-0.39, 0.29) is 24.9 Å². The third-order valence-electron chi connectivity index (χ3n) is 4.75. The molecule has 35 heavy (non-hydrogen) atoms. The van der Waals surface area contributed by atoms with Crippen LogP contribution in [0.5, 0.6) is 5.88 Å². The van der Waals surface area contributed by atoms with Crippen molar-refractivity contribution in [3.63, 3.8) is 0 Å². The lowest BCUT2D eigenvalue weighted by atomic mass is 10.3. The molecule has 0 bridgehead atoms. The maximum absolute atomic E-state index is 13.0. The SMILES string of the molecule is C[C@H](CO)OC[C@H](Oc1ncnc2c1cnn2-c1ncccc1Cl)C(=O)Nc1ccc(C#N)cn1. The molecular formula is C22H19ClN8O4. The Morgan fingerprint density at radius 1 is 1.26 bits per heavy atom. The monoisotopic (exact) mass is 494 g/mol. The third-order valence-corrected chi connectivity index (χ3v) is 5.04. The molecule has 1 amide bonds. The number of pyridine rings is 2.